The second-order valence-electron chi connectivity index (χ2n) is 10.5. The van der Waals surface area contributed by atoms with Crippen molar-refractivity contribution in [2.24, 2.45) is 29.4 Å². The smallest absolute Gasteiger partial charge is 0.250 e. The number of alkyl halides is 2. The topological polar surface area (TPSA) is 196 Å². The maximum absolute atomic E-state index is 15.2. The van der Waals surface area contributed by atoms with Gasteiger partial charge in [0.2, 0.25) is 11.8 Å². The maximum Gasteiger partial charge on any atom is 0.250 e. The van der Waals surface area contributed by atoms with Gasteiger partial charge in [0.1, 0.15) is 11.6 Å². The first-order valence-electron chi connectivity index (χ1n) is 12.3. The molecule has 3 aliphatic rings. The predicted molar refractivity (Wildman–Crippen MR) is 129 cm³/mol. The zero-order valence-electron chi connectivity index (χ0n) is 21.4. The zero-order chi connectivity index (χ0) is 29.8. The zero-order valence-corrected chi connectivity index (χ0v) is 21.4. The third-order valence-electron chi connectivity index (χ3n) is 7.87. The van der Waals surface area contributed by atoms with Gasteiger partial charge in [0.05, 0.1) is 36.3 Å². The number of aliphatic hydroxyl groups is 1. The van der Waals surface area contributed by atoms with Gasteiger partial charge in [-0.2, -0.15) is 0 Å². The van der Waals surface area contributed by atoms with E-state index < -0.39 is 113 Å². The molecule has 12 nitrogen and oxygen atoms in total. The van der Waals surface area contributed by atoms with Crippen molar-refractivity contribution >= 4 is 40.6 Å². The summed E-state index contributed by atoms with van der Waals surface area (Å²) >= 11 is 0. The van der Waals surface area contributed by atoms with Crippen LogP contribution in [0.1, 0.15) is 22.3 Å². The van der Waals surface area contributed by atoms with Gasteiger partial charge in [-0.15, -0.1) is 0 Å². The molecule has 6 N–H and O–H groups in total. The molecule has 1 aromatic rings. The number of hydrogen-bond donors (Lipinski definition) is 5. The normalized spacial score (nSPS) is 29.8. The molecule has 2 amide bonds. The number of ketones is 4. The van der Waals surface area contributed by atoms with Gasteiger partial charge in [0.15, 0.2) is 34.7 Å². The average Bonchev–Trinajstić information content (AvgIpc) is 2.83. The number of aromatic hydroxyl groups is 1. The number of benzene rings is 1. The summed E-state index contributed by atoms with van der Waals surface area (Å²) in [6, 6.07) is -0.558. The number of nitrogens with zero attached hydrogens (tertiary/aromatic N) is 1. The van der Waals surface area contributed by atoms with Crippen LogP contribution in [0.3, 0.4) is 0 Å². The van der Waals surface area contributed by atoms with E-state index in [0.29, 0.717) is 0 Å². The lowest BCUT2D eigenvalue weighted by Gasteiger charge is -2.52. The average molecular weight is 569 g/mol. The highest BCUT2D eigenvalue weighted by molar-refractivity contribution is 6.32. The van der Waals surface area contributed by atoms with Crippen LogP contribution in [-0.4, -0.2) is 95.3 Å². The number of rotatable bonds is 7. The molecule has 0 radical (unpaired) electrons. The number of carbonyl (C=O) groups excluding carboxylic acids is 6. The quantitative estimate of drug-likeness (QED) is 0.197. The van der Waals surface area contributed by atoms with Crippen LogP contribution < -0.4 is 16.4 Å². The van der Waals surface area contributed by atoms with Crippen LogP contribution in [0.2, 0.25) is 0 Å². The van der Waals surface area contributed by atoms with Crippen molar-refractivity contribution < 1.29 is 52.2 Å². The van der Waals surface area contributed by atoms with Crippen LogP contribution in [0.5, 0.6) is 5.75 Å². The van der Waals surface area contributed by atoms with Gasteiger partial charge in [-0.1, -0.05) is 0 Å². The standard InChI is InChI=1S/C25H27F3N4O8/c1-32(2)18-10-4-8-3-9-11(26)5-12(31-14(33)7-30-6-13(27)28)19(34)16(9)20(35)15(8)22(37)25(10,40)23(38)17(21(18)36)24(29)39/h5,8,10,13,15,17-18,30,34,40H,3-4,6-7H2,1-2H3,(H2,29,39)(H,31,33)/t8-,10-,15?,17?,18-,25-/m0/s1. The summed E-state index contributed by atoms with van der Waals surface area (Å²) in [5.74, 6) is -15.2. The Kier molecular flexibility index (Phi) is 7.60. The molecule has 0 spiro atoms. The molecule has 40 heavy (non-hydrogen) atoms. The molecule has 0 aromatic heterocycles. The van der Waals surface area contributed by atoms with E-state index in [1.807, 2.05) is 0 Å². The number of likely N-dealkylation sites (N-methyl/N-ethyl adjacent to an activating group) is 1. The minimum atomic E-state index is -2.94. The molecule has 0 bridgehead atoms. The van der Waals surface area contributed by atoms with Crippen molar-refractivity contribution in [2.75, 3.05) is 32.5 Å². The number of fused-ring (bicyclic) bond motifs is 3. The van der Waals surface area contributed by atoms with Gasteiger partial charge in [-0.05, 0) is 32.9 Å². The van der Waals surface area contributed by atoms with Crippen molar-refractivity contribution in [1.82, 2.24) is 10.2 Å². The van der Waals surface area contributed by atoms with Crippen LogP contribution in [0.4, 0.5) is 18.9 Å². The number of anilines is 1. The Balaban J connectivity index is 1.73. The second kappa shape index (κ2) is 10.4. The van der Waals surface area contributed by atoms with Crippen LogP contribution >= 0.6 is 0 Å². The predicted octanol–water partition coefficient (Wildman–Crippen LogP) is -1.20. The van der Waals surface area contributed by atoms with Gasteiger partial charge in [-0.3, -0.25) is 33.7 Å². The Morgan fingerprint density at radius 3 is 2.42 bits per heavy atom. The lowest BCUT2D eigenvalue weighted by molar-refractivity contribution is -0.181. The number of primary amides is 1. The number of halogens is 3. The summed E-state index contributed by atoms with van der Waals surface area (Å²) in [6.45, 7) is -1.43. The van der Waals surface area contributed by atoms with E-state index in [4.69, 9.17) is 5.73 Å². The SMILES string of the molecule is CN(C)[C@@H]1C(=O)C(C(N)=O)C(=O)[C@@]2(O)C(=O)C3C(=O)c4c(O)c(NC(=O)CNCC(F)F)cc(F)c4C[C@H]3C[C@@H]12. The summed E-state index contributed by atoms with van der Waals surface area (Å²) in [6.07, 6.45) is -3.29. The molecule has 3 aliphatic carbocycles. The fourth-order valence-corrected chi connectivity index (χ4v) is 6.21. The number of carbonyl (C=O) groups is 6. The minimum absolute atomic E-state index is 0.252. The Morgan fingerprint density at radius 2 is 1.85 bits per heavy atom. The second-order valence-corrected chi connectivity index (χ2v) is 10.5. The number of phenolic OH excluding ortho intramolecular Hbond substituents is 1. The molecule has 0 aliphatic heterocycles. The molecule has 2 fully saturated rings. The van der Waals surface area contributed by atoms with Crippen molar-refractivity contribution in [3.63, 3.8) is 0 Å². The van der Waals surface area contributed by atoms with Crippen molar-refractivity contribution in [2.45, 2.75) is 30.9 Å². The fraction of sp³-hybridized carbons (Fsp3) is 0.520. The minimum Gasteiger partial charge on any atom is -0.505 e. The number of amides is 2. The Morgan fingerprint density at radius 1 is 1.20 bits per heavy atom. The highest BCUT2D eigenvalue weighted by atomic mass is 19.3. The fourth-order valence-electron chi connectivity index (χ4n) is 6.21. The van der Waals surface area contributed by atoms with Gasteiger partial charge in [0, 0.05) is 17.5 Å². The van der Waals surface area contributed by atoms with Crippen LogP contribution in [0, 0.1) is 29.5 Å². The number of phenols is 1. The lowest BCUT2D eigenvalue weighted by Crippen LogP contribution is -2.74. The third kappa shape index (κ3) is 4.47. The molecule has 1 aromatic carbocycles. The number of hydrogen-bond acceptors (Lipinski definition) is 10. The van der Waals surface area contributed by atoms with E-state index >= 15 is 4.39 Å². The first kappa shape index (κ1) is 29.3. The Labute approximate surface area is 225 Å². The molecule has 4 rings (SSSR count). The maximum atomic E-state index is 15.2. The molecule has 0 saturated heterocycles. The Bertz CT molecular complexity index is 1340. The number of nitrogens with two attached hydrogens (primary N) is 1. The van der Waals surface area contributed by atoms with E-state index in [1.165, 1.54) is 19.0 Å². The molecular weight excluding hydrogens is 541 g/mol. The highest BCUT2D eigenvalue weighted by Crippen LogP contribution is 2.51. The number of Topliss-reactive ketones (excluding diaryl/α,β-unsaturated/α-hetero) is 4. The summed E-state index contributed by atoms with van der Waals surface area (Å²) < 4.78 is 39.8. The first-order valence-corrected chi connectivity index (χ1v) is 12.3. The van der Waals surface area contributed by atoms with Gasteiger partial charge >= 0.3 is 0 Å². The monoisotopic (exact) mass is 568 g/mol. The van der Waals surface area contributed by atoms with Gasteiger partial charge < -0.3 is 26.6 Å². The lowest BCUT2D eigenvalue weighted by atomic mass is 9.52. The van der Waals surface area contributed by atoms with E-state index in [-0.39, 0.29) is 18.4 Å². The summed E-state index contributed by atoms with van der Waals surface area (Å²) in [7, 11) is 2.87. The van der Waals surface area contributed by atoms with Gasteiger partial charge in [0.25, 0.3) is 6.43 Å². The molecule has 0 heterocycles. The van der Waals surface area contributed by atoms with Crippen LogP contribution in [-0.2, 0) is 30.4 Å². The largest absolute Gasteiger partial charge is 0.505 e. The molecular formula is C25H27F3N4O8. The van der Waals surface area contributed by atoms with E-state index in [9.17, 15) is 47.8 Å². The van der Waals surface area contributed by atoms with Crippen molar-refractivity contribution in [3.05, 3.63) is 23.0 Å². The van der Waals surface area contributed by atoms with Gasteiger partial charge in [-0.25, -0.2) is 13.2 Å². The third-order valence-corrected chi connectivity index (χ3v) is 7.87. The molecule has 6 atom stereocenters. The van der Waals surface area contributed by atoms with E-state index in [2.05, 4.69) is 10.6 Å². The number of nitrogens with one attached hydrogen (secondary N) is 2. The summed E-state index contributed by atoms with van der Waals surface area (Å²) in [5.41, 5.74) is 0.830. The van der Waals surface area contributed by atoms with Crippen LogP contribution in [0.15, 0.2) is 6.07 Å². The van der Waals surface area contributed by atoms with Crippen LogP contribution in [0.25, 0.3) is 0 Å². The molecule has 15 heteroatoms. The molecule has 2 saturated carbocycles. The van der Waals surface area contributed by atoms with E-state index in [1.54, 1.807) is 0 Å². The highest BCUT2D eigenvalue weighted by Gasteiger charge is 2.69. The molecule has 2 unspecified atom stereocenters. The van der Waals surface area contributed by atoms with E-state index in [0.717, 1.165) is 6.07 Å². The van der Waals surface area contributed by atoms with Crippen molar-refractivity contribution in [1.29, 1.82) is 0 Å². The summed E-state index contributed by atoms with van der Waals surface area (Å²) in [4.78, 5) is 79.0. The Hall–Kier alpha value is -3.69. The summed E-state index contributed by atoms with van der Waals surface area (Å²) in [5, 5.41) is 26.6. The molecule has 216 valence electrons. The first-order chi connectivity index (χ1) is 18.6. The van der Waals surface area contributed by atoms with Crippen molar-refractivity contribution in [3.8, 4) is 5.75 Å².